The molecule has 3 heteroatoms. The lowest BCUT2D eigenvalue weighted by Crippen LogP contribution is -2.25. The quantitative estimate of drug-likeness (QED) is 0.653. The van der Waals surface area contributed by atoms with Crippen LogP contribution in [0.1, 0.15) is 20.3 Å². The lowest BCUT2D eigenvalue weighted by Gasteiger charge is -2.22. The maximum atomic E-state index is 8.73. The van der Waals surface area contributed by atoms with Crippen molar-refractivity contribution in [3.8, 4) is 0 Å². The highest BCUT2D eigenvalue weighted by Gasteiger charge is 2.31. The standard InChI is InChI=1S/C9H14O3/c1-3-4-5-9(2)11-7-8(6-10)12-9/h3-4,7,10H,5-6H2,1-2H3. The first-order valence-electron chi connectivity index (χ1n) is 3.98. The first-order chi connectivity index (χ1) is 5.70. The van der Waals surface area contributed by atoms with Gasteiger partial charge in [-0.15, -0.1) is 0 Å². The fourth-order valence-corrected chi connectivity index (χ4v) is 1.01. The van der Waals surface area contributed by atoms with Crippen LogP contribution >= 0.6 is 0 Å². The molecule has 0 saturated heterocycles. The van der Waals surface area contributed by atoms with Gasteiger partial charge in [-0.3, -0.25) is 0 Å². The Balaban J connectivity index is 2.45. The van der Waals surface area contributed by atoms with Gasteiger partial charge in [-0.1, -0.05) is 12.2 Å². The molecule has 1 N–H and O–H groups in total. The summed E-state index contributed by atoms with van der Waals surface area (Å²) in [5.41, 5.74) is 0. The van der Waals surface area contributed by atoms with Gasteiger partial charge in [-0.2, -0.15) is 0 Å². The summed E-state index contributed by atoms with van der Waals surface area (Å²) in [6.45, 7) is 3.68. The molecule has 1 aliphatic heterocycles. The van der Waals surface area contributed by atoms with Crippen molar-refractivity contribution in [1.82, 2.24) is 0 Å². The minimum atomic E-state index is -0.620. The fourth-order valence-electron chi connectivity index (χ4n) is 1.01. The third-order valence-corrected chi connectivity index (χ3v) is 1.67. The average Bonchev–Trinajstić information content (AvgIpc) is 2.45. The van der Waals surface area contributed by atoms with Crippen molar-refractivity contribution in [2.75, 3.05) is 6.61 Å². The Labute approximate surface area is 72.3 Å². The van der Waals surface area contributed by atoms with Gasteiger partial charge in [-0.25, -0.2) is 0 Å². The van der Waals surface area contributed by atoms with E-state index in [0.29, 0.717) is 12.2 Å². The topological polar surface area (TPSA) is 38.7 Å². The molecule has 1 aliphatic rings. The van der Waals surface area contributed by atoms with Crippen LogP contribution in [0, 0.1) is 0 Å². The molecule has 0 aromatic heterocycles. The van der Waals surface area contributed by atoms with Gasteiger partial charge < -0.3 is 14.6 Å². The zero-order valence-corrected chi connectivity index (χ0v) is 7.41. The highest BCUT2D eigenvalue weighted by atomic mass is 16.7. The van der Waals surface area contributed by atoms with Crippen LogP contribution < -0.4 is 0 Å². The monoisotopic (exact) mass is 170 g/mol. The zero-order valence-electron chi connectivity index (χ0n) is 7.41. The first kappa shape index (κ1) is 9.13. The molecule has 12 heavy (non-hydrogen) atoms. The maximum absolute atomic E-state index is 8.73. The minimum Gasteiger partial charge on any atom is -0.456 e. The molecule has 1 atom stereocenters. The number of rotatable bonds is 3. The van der Waals surface area contributed by atoms with Crippen molar-refractivity contribution in [1.29, 1.82) is 0 Å². The van der Waals surface area contributed by atoms with E-state index in [2.05, 4.69) is 0 Å². The van der Waals surface area contributed by atoms with Crippen molar-refractivity contribution < 1.29 is 14.6 Å². The molecule has 0 bridgehead atoms. The van der Waals surface area contributed by atoms with Crippen molar-refractivity contribution in [3.63, 3.8) is 0 Å². The summed E-state index contributed by atoms with van der Waals surface area (Å²) < 4.78 is 10.6. The fraction of sp³-hybridized carbons (Fsp3) is 0.556. The summed E-state index contributed by atoms with van der Waals surface area (Å²) >= 11 is 0. The maximum Gasteiger partial charge on any atom is 0.251 e. The predicted molar refractivity (Wildman–Crippen MR) is 45.2 cm³/mol. The van der Waals surface area contributed by atoms with Crippen LogP contribution in [-0.2, 0) is 9.47 Å². The Bertz CT molecular complexity index is 208. The number of ether oxygens (including phenoxy) is 2. The van der Waals surface area contributed by atoms with Crippen molar-refractivity contribution >= 4 is 0 Å². The molecule has 1 heterocycles. The zero-order chi connectivity index (χ0) is 9.03. The normalized spacial score (nSPS) is 28.4. The SMILES string of the molecule is CC=CCC1(C)OC=C(CO)O1. The molecule has 0 fully saturated rings. The first-order valence-corrected chi connectivity index (χ1v) is 3.98. The van der Waals surface area contributed by atoms with Gasteiger partial charge in [0, 0.05) is 13.3 Å². The largest absolute Gasteiger partial charge is 0.456 e. The third-order valence-electron chi connectivity index (χ3n) is 1.67. The van der Waals surface area contributed by atoms with E-state index >= 15 is 0 Å². The van der Waals surface area contributed by atoms with Crippen LogP contribution in [0.3, 0.4) is 0 Å². The second-order valence-electron chi connectivity index (χ2n) is 2.87. The number of hydrogen-bond acceptors (Lipinski definition) is 3. The van der Waals surface area contributed by atoms with Crippen LogP contribution in [-0.4, -0.2) is 17.5 Å². The molecule has 0 amide bonds. The van der Waals surface area contributed by atoms with Crippen LogP contribution in [0.4, 0.5) is 0 Å². The number of aliphatic hydroxyl groups is 1. The van der Waals surface area contributed by atoms with Crippen LogP contribution in [0.15, 0.2) is 24.2 Å². The molecule has 0 aliphatic carbocycles. The molecule has 1 unspecified atom stereocenters. The smallest absolute Gasteiger partial charge is 0.251 e. The Morgan fingerprint density at radius 2 is 2.42 bits per heavy atom. The third kappa shape index (κ3) is 2.01. The van der Waals surface area contributed by atoms with Gasteiger partial charge in [0.05, 0.1) is 0 Å². The summed E-state index contributed by atoms with van der Waals surface area (Å²) in [7, 11) is 0. The predicted octanol–water partition coefficient (Wildman–Crippen LogP) is 1.55. The summed E-state index contributed by atoms with van der Waals surface area (Å²) in [5, 5.41) is 8.73. The lowest BCUT2D eigenvalue weighted by molar-refractivity contribution is -0.132. The molecular weight excluding hydrogens is 156 g/mol. The van der Waals surface area contributed by atoms with Gasteiger partial charge in [0.25, 0.3) is 5.79 Å². The van der Waals surface area contributed by atoms with E-state index in [0.717, 1.165) is 0 Å². The van der Waals surface area contributed by atoms with Crippen molar-refractivity contribution in [2.45, 2.75) is 26.1 Å². The van der Waals surface area contributed by atoms with Crippen molar-refractivity contribution in [3.05, 3.63) is 24.2 Å². The van der Waals surface area contributed by atoms with E-state index in [9.17, 15) is 0 Å². The van der Waals surface area contributed by atoms with Crippen LogP contribution in [0.5, 0.6) is 0 Å². The highest BCUT2D eigenvalue weighted by molar-refractivity contribution is 4.98. The summed E-state index contributed by atoms with van der Waals surface area (Å²) in [4.78, 5) is 0. The van der Waals surface area contributed by atoms with Crippen LogP contribution in [0.2, 0.25) is 0 Å². The molecule has 0 saturated carbocycles. The minimum absolute atomic E-state index is 0.106. The second kappa shape index (κ2) is 3.63. The summed E-state index contributed by atoms with van der Waals surface area (Å²) in [6, 6.07) is 0. The Hall–Kier alpha value is -0.960. The number of allylic oxidation sites excluding steroid dienone is 1. The molecule has 68 valence electrons. The molecular formula is C9H14O3. The molecule has 0 aromatic carbocycles. The lowest BCUT2D eigenvalue weighted by atomic mass is 10.2. The summed E-state index contributed by atoms with van der Waals surface area (Å²) in [5.74, 6) is -0.132. The molecule has 1 rings (SSSR count). The van der Waals surface area contributed by atoms with E-state index in [-0.39, 0.29) is 6.61 Å². The summed E-state index contributed by atoms with van der Waals surface area (Å²) in [6.07, 6.45) is 6.05. The second-order valence-corrected chi connectivity index (χ2v) is 2.87. The Morgan fingerprint density at radius 3 is 2.92 bits per heavy atom. The van der Waals surface area contributed by atoms with Crippen LogP contribution in [0.25, 0.3) is 0 Å². The van der Waals surface area contributed by atoms with E-state index < -0.39 is 5.79 Å². The Kier molecular flexibility index (Phi) is 2.76. The van der Waals surface area contributed by atoms with Gasteiger partial charge >= 0.3 is 0 Å². The van der Waals surface area contributed by atoms with Gasteiger partial charge in [0.2, 0.25) is 0 Å². The molecule has 0 radical (unpaired) electrons. The molecule has 0 spiro atoms. The molecule has 3 nitrogen and oxygen atoms in total. The van der Waals surface area contributed by atoms with E-state index in [1.165, 1.54) is 6.26 Å². The number of aliphatic hydroxyl groups excluding tert-OH is 1. The van der Waals surface area contributed by atoms with E-state index in [1.807, 2.05) is 26.0 Å². The Morgan fingerprint density at radius 1 is 1.67 bits per heavy atom. The van der Waals surface area contributed by atoms with Crippen molar-refractivity contribution in [2.24, 2.45) is 0 Å². The number of hydrogen-bond donors (Lipinski definition) is 1. The van der Waals surface area contributed by atoms with Gasteiger partial charge in [0.15, 0.2) is 5.76 Å². The highest BCUT2D eigenvalue weighted by Crippen LogP contribution is 2.28. The van der Waals surface area contributed by atoms with Gasteiger partial charge in [0.1, 0.15) is 12.9 Å². The van der Waals surface area contributed by atoms with E-state index in [4.69, 9.17) is 14.6 Å². The average molecular weight is 170 g/mol. The van der Waals surface area contributed by atoms with E-state index in [1.54, 1.807) is 0 Å². The molecule has 0 aromatic rings. The van der Waals surface area contributed by atoms with Gasteiger partial charge in [-0.05, 0) is 6.92 Å².